The number of pyridine rings is 1. The second-order valence-corrected chi connectivity index (χ2v) is 4.43. The predicted molar refractivity (Wildman–Crippen MR) is 68.1 cm³/mol. The monoisotopic (exact) mass is 290 g/mol. The van der Waals surface area contributed by atoms with Crippen LogP contribution in [0.25, 0.3) is 0 Å². The molecule has 1 atom stereocenters. The molecule has 0 saturated carbocycles. The van der Waals surface area contributed by atoms with E-state index in [1.165, 1.54) is 12.1 Å². The van der Waals surface area contributed by atoms with Crippen LogP contribution in [0, 0.1) is 0 Å². The third kappa shape index (κ3) is 4.16. The number of amides is 1. The van der Waals surface area contributed by atoms with Crippen molar-refractivity contribution >= 4 is 35.1 Å². The lowest BCUT2D eigenvalue weighted by atomic mass is 10.1. The molecule has 0 aromatic carbocycles. The van der Waals surface area contributed by atoms with Gasteiger partial charge in [0.2, 0.25) is 0 Å². The minimum Gasteiger partial charge on any atom is -0.480 e. The molecule has 5 nitrogen and oxygen atoms in total. The first kappa shape index (κ1) is 14.7. The SMILES string of the molecule is CCC[C@@H](NC(=O)c1cc(Cl)nc(Cl)c1)C(=O)O. The summed E-state index contributed by atoms with van der Waals surface area (Å²) in [7, 11) is 0. The minimum atomic E-state index is -1.07. The third-order valence-corrected chi connectivity index (χ3v) is 2.59. The molecule has 0 aliphatic rings. The van der Waals surface area contributed by atoms with Crippen molar-refractivity contribution in [2.24, 2.45) is 0 Å². The van der Waals surface area contributed by atoms with E-state index in [-0.39, 0.29) is 15.9 Å². The van der Waals surface area contributed by atoms with Gasteiger partial charge in [-0.3, -0.25) is 4.79 Å². The van der Waals surface area contributed by atoms with Gasteiger partial charge in [0.15, 0.2) is 0 Å². The van der Waals surface area contributed by atoms with Crippen molar-refractivity contribution in [1.82, 2.24) is 10.3 Å². The maximum atomic E-state index is 11.8. The van der Waals surface area contributed by atoms with Crippen LogP contribution in [0.2, 0.25) is 10.3 Å². The first-order valence-corrected chi connectivity index (χ1v) is 6.06. The van der Waals surface area contributed by atoms with Crippen LogP contribution < -0.4 is 5.32 Å². The van der Waals surface area contributed by atoms with Crippen molar-refractivity contribution in [3.05, 3.63) is 28.0 Å². The summed E-state index contributed by atoms with van der Waals surface area (Å²) < 4.78 is 0. The molecular formula is C11H12Cl2N2O3. The van der Waals surface area contributed by atoms with Crippen LogP contribution in [0.5, 0.6) is 0 Å². The van der Waals surface area contributed by atoms with E-state index in [4.69, 9.17) is 28.3 Å². The molecule has 1 rings (SSSR count). The van der Waals surface area contributed by atoms with Gasteiger partial charge in [0, 0.05) is 5.56 Å². The average molecular weight is 291 g/mol. The number of carboxylic acids is 1. The quantitative estimate of drug-likeness (QED) is 0.816. The zero-order chi connectivity index (χ0) is 13.7. The number of nitrogens with zero attached hydrogens (tertiary/aromatic N) is 1. The second kappa shape index (κ2) is 6.56. The van der Waals surface area contributed by atoms with Gasteiger partial charge < -0.3 is 10.4 Å². The minimum absolute atomic E-state index is 0.0787. The number of carbonyl (C=O) groups excluding carboxylic acids is 1. The number of rotatable bonds is 5. The summed E-state index contributed by atoms with van der Waals surface area (Å²) in [5, 5.41) is 11.5. The van der Waals surface area contributed by atoms with Crippen molar-refractivity contribution in [3.8, 4) is 0 Å². The van der Waals surface area contributed by atoms with E-state index >= 15 is 0 Å². The maximum absolute atomic E-state index is 11.8. The van der Waals surface area contributed by atoms with Gasteiger partial charge >= 0.3 is 5.97 Å². The Morgan fingerprint density at radius 1 is 1.39 bits per heavy atom. The third-order valence-electron chi connectivity index (χ3n) is 2.21. The van der Waals surface area contributed by atoms with E-state index in [1.54, 1.807) is 0 Å². The van der Waals surface area contributed by atoms with Crippen LogP contribution in [0.4, 0.5) is 0 Å². The number of hydrogen-bond acceptors (Lipinski definition) is 3. The van der Waals surface area contributed by atoms with Gasteiger partial charge in [-0.25, -0.2) is 9.78 Å². The second-order valence-electron chi connectivity index (χ2n) is 3.65. The van der Waals surface area contributed by atoms with Gasteiger partial charge in [-0.1, -0.05) is 36.5 Å². The number of halogens is 2. The zero-order valence-electron chi connectivity index (χ0n) is 9.61. The summed E-state index contributed by atoms with van der Waals surface area (Å²) in [6.45, 7) is 1.84. The Morgan fingerprint density at radius 3 is 2.39 bits per heavy atom. The summed E-state index contributed by atoms with van der Waals surface area (Å²) in [6.07, 6.45) is 1.00. The standard InChI is InChI=1S/C11H12Cl2N2O3/c1-2-3-7(11(17)18)14-10(16)6-4-8(12)15-9(13)5-6/h4-5,7H,2-3H2,1H3,(H,14,16)(H,17,18)/t7-/m1/s1. The van der Waals surface area contributed by atoms with E-state index in [0.29, 0.717) is 12.8 Å². The van der Waals surface area contributed by atoms with Crippen LogP contribution in [0.3, 0.4) is 0 Å². The summed E-state index contributed by atoms with van der Waals surface area (Å²) in [4.78, 5) is 26.4. The van der Waals surface area contributed by atoms with E-state index in [2.05, 4.69) is 10.3 Å². The Balaban J connectivity index is 2.83. The van der Waals surface area contributed by atoms with Gasteiger partial charge in [0.1, 0.15) is 16.3 Å². The van der Waals surface area contributed by atoms with Gasteiger partial charge in [-0.05, 0) is 18.6 Å². The van der Waals surface area contributed by atoms with Crippen molar-refractivity contribution in [3.63, 3.8) is 0 Å². The van der Waals surface area contributed by atoms with Gasteiger partial charge in [0.25, 0.3) is 5.91 Å². The molecule has 0 saturated heterocycles. The number of hydrogen-bond donors (Lipinski definition) is 2. The highest BCUT2D eigenvalue weighted by Gasteiger charge is 2.20. The summed E-state index contributed by atoms with van der Waals surface area (Å²) in [5.74, 6) is -1.61. The topological polar surface area (TPSA) is 79.3 Å². The fraction of sp³-hybridized carbons (Fsp3) is 0.364. The molecule has 0 fully saturated rings. The Labute approximate surface area is 114 Å². The van der Waals surface area contributed by atoms with Crippen molar-refractivity contribution in [2.45, 2.75) is 25.8 Å². The Hall–Kier alpha value is -1.33. The highest BCUT2D eigenvalue weighted by molar-refractivity contribution is 6.33. The molecule has 1 aromatic heterocycles. The lowest BCUT2D eigenvalue weighted by Gasteiger charge is -2.13. The highest BCUT2D eigenvalue weighted by Crippen LogP contribution is 2.14. The average Bonchev–Trinajstić information content (AvgIpc) is 2.26. The molecule has 0 bridgehead atoms. The Bertz CT molecular complexity index is 445. The van der Waals surface area contributed by atoms with Gasteiger partial charge in [-0.2, -0.15) is 0 Å². The van der Waals surface area contributed by atoms with Gasteiger partial charge in [-0.15, -0.1) is 0 Å². The van der Waals surface area contributed by atoms with Crippen molar-refractivity contribution < 1.29 is 14.7 Å². The van der Waals surface area contributed by atoms with Crippen LogP contribution in [-0.4, -0.2) is 28.0 Å². The Kier molecular flexibility index (Phi) is 5.37. The lowest BCUT2D eigenvalue weighted by molar-refractivity contribution is -0.139. The van der Waals surface area contributed by atoms with Crippen molar-refractivity contribution in [2.75, 3.05) is 0 Å². The zero-order valence-corrected chi connectivity index (χ0v) is 11.1. The largest absolute Gasteiger partial charge is 0.480 e. The molecule has 0 aliphatic heterocycles. The molecule has 0 radical (unpaired) electrons. The summed E-state index contributed by atoms with van der Waals surface area (Å²) in [6, 6.07) is 1.73. The number of carbonyl (C=O) groups is 2. The molecule has 1 aromatic rings. The molecule has 18 heavy (non-hydrogen) atoms. The van der Waals surface area contributed by atoms with E-state index in [0.717, 1.165) is 0 Å². The number of aliphatic carboxylic acids is 1. The molecule has 0 unspecified atom stereocenters. The van der Waals surface area contributed by atoms with Crippen molar-refractivity contribution in [1.29, 1.82) is 0 Å². The molecule has 7 heteroatoms. The summed E-state index contributed by atoms with van der Waals surface area (Å²) in [5.41, 5.74) is 0.183. The first-order chi connectivity index (χ1) is 8.43. The normalized spacial score (nSPS) is 11.9. The van der Waals surface area contributed by atoms with Crippen LogP contribution in [-0.2, 0) is 4.79 Å². The first-order valence-electron chi connectivity index (χ1n) is 5.30. The number of nitrogens with one attached hydrogen (secondary N) is 1. The number of carboxylic acid groups (broad SMARTS) is 1. The molecule has 2 N–H and O–H groups in total. The van der Waals surface area contributed by atoms with E-state index in [9.17, 15) is 9.59 Å². The highest BCUT2D eigenvalue weighted by atomic mass is 35.5. The molecule has 1 amide bonds. The molecule has 0 aliphatic carbocycles. The van der Waals surface area contributed by atoms with Crippen LogP contribution in [0.1, 0.15) is 30.1 Å². The van der Waals surface area contributed by atoms with E-state index < -0.39 is 17.9 Å². The van der Waals surface area contributed by atoms with E-state index in [1.807, 2.05) is 6.92 Å². The molecule has 0 spiro atoms. The number of aromatic nitrogens is 1. The molecular weight excluding hydrogens is 279 g/mol. The molecule has 1 heterocycles. The van der Waals surface area contributed by atoms with Crippen LogP contribution >= 0.6 is 23.2 Å². The fourth-order valence-electron chi connectivity index (χ4n) is 1.38. The lowest BCUT2D eigenvalue weighted by Crippen LogP contribution is -2.40. The molecule has 98 valence electrons. The summed E-state index contributed by atoms with van der Waals surface area (Å²) >= 11 is 11.3. The predicted octanol–water partition coefficient (Wildman–Crippen LogP) is 2.37. The van der Waals surface area contributed by atoms with Crippen LogP contribution in [0.15, 0.2) is 12.1 Å². The maximum Gasteiger partial charge on any atom is 0.326 e. The Morgan fingerprint density at radius 2 is 1.94 bits per heavy atom. The smallest absolute Gasteiger partial charge is 0.326 e. The fourth-order valence-corrected chi connectivity index (χ4v) is 1.84. The van der Waals surface area contributed by atoms with Gasteiger partial charge in [0.05, 0.1) is 0 Å².